The van der Waals surface area contributed by atoms with Crippen LogP contribution in [0.25, 0.3) is 0 Å². The van der Waals surface area contributed by atoms with Gasteiger partial charge in [0.05, 0.1) is 6.61 Å². The summed E-state index contributed by atoms with van der Waals surface area (Å²) in [5, 5.41) is 3.53. The normalized spacial score (nSPS) is 39.2. The molecule has 2 aliphatic rings. The van der Waals surface area contributed by atoms with Crippen LogP contribution in [0.5, 0.6) is 0 Å². The van der Waals surface area contributed by atoms with Gasteiger partial charge >= 0.3 is 0 Å². The molecule has 1 unspecified atom stereocenters. The second-order valence-electron chi connectivity index (χ2n) is 5.29. The molecule has 76 valence electrons. The average Bonchev–Trinajstić information content (AvgIpc) is 2.44. The first-order valence-electron chi connectivity index (χ1n) is 5.51. The first-order valence-corrected chi connectivity index (χ1v) is 5.51. The van der Waals surface area contributed by atoms with Gasteiger partial charge in [-0.3, -0.25) is 5.32 Å². The van der Waals surface area contributed by atoms with Crippen molar-refractivity contribution in [2.75, 3.05) is 13.2 Å². The molecule has 1 saturated carbocycles. The lowest BCUT2D eigenvalue weighted by molar-refractivity contribution is -0.0239. The van der Waals surface area contributed by atoms with Crippen LogP contribution in [-0.2, 0) is 4.74 Å². The lowest BCUT2D eigenvalue weighted by Gasteiger charge is -2.28. The Hall–Kier alpha value is -0.0800. The standard InChI is InChI=1S/C11H21NO/c1-10(2)4-3-5-11(7-6-10)12-8-9-13-11/h12H,3-9H2,1-2H3. The summed E-state index contributed by atoms with van der Waals surface area (Å²) in [5.74, 6) is 0. The highest BCUT2D eigenvalue weighted by Crippen LogP contribution is 2.39. The molecule has 0 radical (unpaired) electrons. The second-order valence-corrected chi connectivity index (χ2v) is 5.29. The number of hydrogen-bond donors (Lipinski definition) is 1. The van der Waals surface area contributed by atoms with Gasteiger partial charge in [0.1, 0.15) is 5.72 Å². The fourth-order valence-corrected chi connectivity index (χ4v) is 2.54. The van der Waals surface area contributed by atoms with E-state index in [-0.39, 0.29) is 5.72 Å². The molecule has 1 atom stereocenters. The van der Waals surface area contributed by atoms with E-state index in [4.69, 9.17) is 4.74 Å². The minimum Gasteiger partial charge on any atom is -0.359 e. The van der Waals surface area contributed by atoms with Crippen molar-refractivity contribution in [3.05, 3.63) is 0 Å². The Morgan fingerprint density at radius 3 is 2.62 bits per heavy atom. The number of nitrogens with one attached hydrogen (secondary N) is 1. The summed E-state index contributed by atoms with van der Waals surface area (Å²) < 4.78 is 5.84. The van der Waals surface area contributed by atoms with Crippen molar-refractivity contribution < 1.29 is 4.74 Å². The molecule has 1 spiro atoms. The predicted molar refractivity (Wildman–Crippen MR) is 53.6 cm³/mol. The molecular weight excluding hydrogens is 162 g/mol. The third-order valence-electron chi connectivity index (χ3n) is 3.57. The third kappa shape index (κ3) is 2.05. The minimum absolute atomic E-state index is 0.0633. The lowest BCUT2D eigenvalue weighted by Crippen LogP contribution is -2.40. The maximum absolute atomic E-state index is 5.84. The topological polar surface area (TPSA) is 21.3 Å². The zero-order valence-corrected chi connectivity index (χ0v) is 8.86. The summed E-state index contributed by atoms with van der Waals surface area (Å²) >= 11 is 0. The second kappa shape index (κ2) is 3.25. The van der Waals surface area contributed by atoms with Crippen LogP contribution in [0.15, 0.2) is 0 Å². The van der Waals surface area contributed by atoms with Crippen molar-refractivity contribution in [3.63, 3.8) is 0 Å². The Labute approximate surface area is 81.0 Å². The quantitative estimate of drug-likeness (QED) is 0.622. The molecule has 13 heavy (non-hydrogen) atoms. The molecule has 0 aromatic rings. The van der Waals surface area contributed by atoms with Gasteiger partial charge in [-0.05, 0) is 37.5 Å². The van der Waals surface area contributed by atoms with Gasteiger partial charge in [-0.2, -0.15) is 0 Å². The van der Waals surface area contributed by atoms with Gasteiger partial charge in [-0.1, -0.05) is 13.8 Å². The first-order chi connectivity index (χ1) is 6.12. The van der Waals surface area contributed by atoms with Gasteiger partial charge in [0.15, 0.2) is 0 Å². The van der Waals surface area contributed by atoms with Crippen molar-refractivity contribution in [2.24, 2.45) is 5.41 Å². The molecule has 1 N–H and O–H groups in total. The van der Waals surface area contributed by atoms with Gasteiger partial charge in [0, 0.05) is 6.54 Å². The van der Waals surface area contributed by atoms with Crippen molar-refractivity contribution in [3.8, 4) is 0 Å². The Morgan fingerprint density at radius 2 is 1.92 bits per heavy atom. The van der Waals surface area contributed by atoms with Crippen LogP contribution in [0.1, 0.15) is 46.0 Å². The van der Waals surface area contributed by atoms with Crippen LogP contribution >= 0.6 is 0 Å². The molecule has 0 bridgehead atoms. The molecule has 2 nitrogen and oxygen atoms in total. The van der Waals surface area contributed by atoms with E-state index in [1.807, 2.05) is 0 Å². The van der Waals surface area contributed by atoms with Gasteiger partial charge in [-0.15, -0.1) is 0 Å². The van der Waals surface area contributed by atoms with Crippen LogP contribution in [0.3, 0.4) is 0 Å². The SMILES string of the molecule is CC1(C)CCCC2(CC1)NCCO2. The number of hydrogen-bond acceptors (Lipinski definition) is 2. The van der Waals surface area contributed by atoms with Crippen LogP contribution in [-0.4, -0.2) is 18.9 Å². The van der Waals surface area contributed by atoms with Crippen LogP contribution in [0.4, 0.5) is 0 Å². The first kappa shape index (κ1) is 9.47. The molecular formula is C11H21NO. The molecule has 2 heteroatoms. The van der Waals surface area contributed by atoms with E-state index in [1.54, 1.807) is 0 Å². The average molecular weight is 183 g/mol. The maximum Gasteiger partial charge on any atom is 0.119 e. The summed E-state index contributed by atoms with van der Waals surface area (Å²) in [6.45, 7) is 6.70. The Bertz CT molecular complexity index is 183. The number of ether oxygens (including phenoxy) is 1. The zero-order valence-electron chi connectivity index (χ0n) is 8.86. The highest BCUT2D eigenvalue weighted by Gasteiger charge is 2.38. The summed E-state index contributed by atoms with van der Waals surface area (Å²) in [7, 11) is 0. The van der Waals surface area contributed by atoms with Gasteiger partial charge in [0.25, 0.3) is 0 Å². The largest absolute Gasteiger partial charge is 0.359 e. The summed E-state index contributed by atoms with van der Waals surface area (Å²) in [5.41, 5.74) is 0.588. The molecule has 1 saturated heterocycles. The molecule has 2 rings (SSSR count). The van der Waals surface area contributed by atoms with Crippen molar-refractivity contribution in [2.45, 2.75) is 51.7 Å². The molecule has 0 aromatic heterocycles. The van der Waals surface area contributed by atoms with E-state index in [0.717, 1.165) is 13.2 Å². The van der Waals surface area contributed by atoms with Crippen LogP contribution in [0.2, 0.25) is 0 Å². The third-order valence-corrected chi connectivity index (χ3v) is 3.57. The molecule has 1 aliphatic heterocycles. The fourth-order valence-electron chi connectivity index (χ4n) is 2.54. The Kier molecular flexibility index (Phi) is 2.37. The minimum atomic E-state index is 0.0633. The van der Waals surface area contributed by atoms with Gasteiger partial charge < -0.3 is 4.74 Å². The number of rotatable bonds is 0. The van der Waals surface area contributed by atoms with Gasteiger partial charge in [0.2, 0.25) is 0 Å². The van der Waals surface area contributed by atoms with Crippen LogP contribution in [0, 0.1) is 5.41 Å². The lowest BCUT2D eigenvalue weighted by atomic mass is 9.85. The van der Waals surface area contributed by atoms with E-state index in [1.165, 1.54) is 32.1 Å². The maximum atomic E-state index is 5.84. The highest BCUT2D eigenvalue weighted by atomic mass is 16.5. The van der Waals surface area contributed by atoms with E-state index in [2.05, 4.69) is 19.2 Å². The predicted octanol–water partition coefficient (Wildman–Crippen LogP) is 2.29. The molecule has 2 fully saturated rings. The zero-order chi connectivity index (χ0) is 9.36. The molecule has 1 heterocycles. The van der Waals surface area contributed by atoms with E-state index < -0.39 is 0 Å². The van der Waals surface area contributed by atoms with E-state index in [9.17, 15) is 0 Å². The summed E-state index contributed by atoms with van der Waals surface area (Å²) in [6, 6.07) is 0. The Balaban J connectivity index is 2.01. The van der Waals surface area contributed by atoms with Gasteiger partial charge in [-0.25, -0.2) is 0 Å². The molecule has 1 aliphatic carbocycles. The summed E-state index contributed by atoms with van der Waals surface area (Å²) in [4.78, 5) is 0. The van der Waals surface area contributed by atoms with Crippen LogP contribution < -0.4 is 5.32 Å². The van der Waals surface area contributed by atoms with Crippen molar-refractivity contribution >= 4 is 0 Å². The van der Waals surface area contributed by atoms with Crippen molar-refractivity contribution in [1.29, 1.82) is 0 Å². The fraction of sp³-hybridized carbons (Fsp3) is 1.00. The Morgan fingerprint density at radius 1 is 1.08 bits per heavy atom. The monoisotopic (exact) mass is 183 g/mol. The summed E-state index contributed by atoms with van der Waals surface area (Å²) in [6.07, 6.45) is 6.34. The van der Waals surface area contributed by atoms with E-state index >= 15 is 0 Å². The molecule has 0 amide bonds. The molecule has 0 aromatic carbocycles. The van der Waals surface area contributed by atoms with E-state index in [0.29, 0.717) is 5.41 Å². The highest BCUT2D eigenvalue weighted by molar-refractivity contribution is 4.88. The smallest absolute Gasteiger partial charge is 0.119 e. The van der Waals surface area contributed by atoms with Crippen molar-refractivity contribution in [1.82, 2.24) is 5.32 Å².